The molecule has 2 rings (SSSR count). The summed E-state index contributed by atoms with van der Waals surface area (Å²) in [6.07, 6.45) is 1.02. The highest BCUT2D eigenvalue weighted by molar-refractivity contribution is 6.33. The van der Waals surface area contributed by atoms with Crippen LogP contribution in [-0.4, -0.2) is 36.5 Å². The minimum absolute atomic E-state index is 0.0381. The number of halogens is 1. The van der Waals surface area contributed by atoms with Gasteiger partial charge in [0.1, 0.15) is 0 Å². The third kappa shape index (κ3) is 2.68. The molecule has 4 heteroatoms. The molecule has 1 atom stereocenters. The monoisotopic (exact) mass is 266 g/mol. The zero-order valence-corrected chi connectivity index (χ0v) is 11.6. The summed E-state index contributed by atoms with van der Waals surface area (Å²) in [6, 6.07) is 5.89. The molecule has 1 heterocycles. The van der Waals surface area contributed by atoms with Crippen molar-refractivity contribution in [3.8, 4) is 0 Å². The number of amides is 1. The van der Waals surface area contributed by atoms with E-state index in [4.69, 9.17) is 11.6 Å². The lowest BCUT2D eigenvalue weighted by Gasteiger charge is -2.27. The summed E-state index contributed by atoms with van der Waals surface area (Å²) >= 11 is 6.17. The average molecular weight is 267 g/mol. The lowest BCUT2D eigenvalue weighted by Crippen LogP contribution is -2.41. The first-order valence-corrected chi connectivity index (χ1v) is 6.79. The molecule has 3 nitrogen and oxygen atoms in total. The zero-order chi connectivity index (χ0) is 13.1. The van der Waals surface area contributed by atoms with Crippen LogP contribution in [0.1, 0.15) is 29.3 Å². The van der Waals surface area contributed by atoms with Crippen molar-refractivity contribution in [3.63, 3.8) is 0 Å². The van der Waals surface area contributed by atoms with Crippen LogP contribution < -0.4 is 5.32 Å². The Kier molecular flexibility index (Phi) is 4.25. The summed E-state index contributed by atoms with van der Waals surface area (Å²) in [5.74, 6) is 0.0381. The predicted octanol–water partition coefficient (Wildman–Crippen LogP) is 2.47. The Balaban J connectivity index is 2.22. The van der Waals surface area contributed by atoms with Gasteiger partial charge in [-0.05, 0) is 44.5 Å². The van der Waals surface area contributed by atoms with E-state index < -0.39 is 0 Å². The Morgan fingerprint density at radius 1 is 1.56 bits per heavy atom. The number of carbonyl (C=O) groups is 1. The molecule has 98 valence electrons. The van der Waals surface area contributed by atoms with Crippen LogP contribution in [0.4, 0.5) is 0 Å². The van der Waals surface area contributed by atoms with Gasteiger partial charge in [-0.2, -0.15) is 0 Å². The number of nitrogens with one attached hydrogen (secondary N) is 1. The van der Waals surface area contributed by atoms with Crippen LogP contribution in [0, 0.1) is 6.92 Å². The predicted molar refractivity (Wildman–Crippen MR) is 74.2 cm³/mol. The molecule has 1 amide bonds. The summed E-state index contributed by atoms with van der Waals surface area (Å²) in [4.78, 5) is 14.4. The van der Waals surface area contributed by atoms with Crippen LogP contribution >= 0.6 is 11.6 Å². The molecule has 0 radical (unpaired) electrons. The molecule has 1 N–H and O–H groups in total. The highest BCUT2D eigenvalue weighted by Crippen LogP contribution is 2.21. The highest BCUT2D eigenvalue weighted by Gasteiger charge is 2.26. The molecular formula is C14H19ClN2O. The number of aryl methyl sites for hydroxylation is 1. The Morgan fingerprint density at radius 3 is 2.89 bits per heavy atom. The quantitative estimate of drug-likeness (QED) is 0.912. The molecule has 1 aliphatic heterocycles. The maximum absolute atomic E-state index is 12.5. The lowest BCUT2D eigenvalue weighted by molar-refractivity contribution is 0.0704. The van der Waals surface area contributed by atoms with Gasteiger partial charge in [-0.15, -0.1) is 0 Å². The first-order valence-electron chi connectivity index (χ1n) is 6.41. The number of hydrogen-bond acceptors (Lipinski definition) is 2. The van der Waals surface area contributed by atoms with Gasteiger partial charge >= 0.3 is 0 Å². The second-order valence-electron chi connectivity index (χ2n) is 4.72. The molecule has 0 spiro atoms. The van der Waals surface area contributed by atoms with Crippen molar-refractivity contribution in [3.05, 3.63) is 34.3 Å². The summed E-state index contributed by atoms with van der Waals surface area (Å²) < 4.78 is 0. The molecule has 0 aromatic heterocycles. The second-order valence-corrected chi connectivity index (χ2v) is 5.13. The van der Waals surface area contributed by atoms with Crippen molar-refractivity contribution in [1.82, 2.24) is 10.2 Å². The number of hydrogen-bond donors (Lipinski definition) is 1. The molecule has 1 aromatic carbocycles. The molecule has 1 fully saturated rings. The standard InChI is InChI=1S/C14H19ClN2O/c1-3-17(11-6-7-16-9-11)14(18)12-5-4-10(2)8-13(12)15/h4-5,8,11,16H,3,6-7,9H2,1-2H3. The Labute approximate surface area is 113 Å². The average Bonchev–Trinajstić information content (AvgIpc) is 2.83. The van der Waals surface area contributed by atoms with Crippen molar-refractivity contribution in [2.24, 2.45) is 0 Å². The van der Waals surface area contributed by atoms with Gasteiger partial charge in [-0.25, -0.2) is 0 Å². The number of nitrogens with zero attached hydrogens (tertiary/aromatic N) is 1. The fourth-order valence-corrected chi connectivity index (χ4v) is 2.74. The van der Waals surface area contributed by atoms with E-state index in [-0.39, 0.29) is 5.91 Å². The van der Waals surface area contributed by atoms with Crippen LogP contribution in [0.15, 0.2) is 18.2 Å². The van der Waals surface area contributed by atoms with Crippen LogP contribution in [0.5, 0.6) is 0 Å². The SMILES string of the molecule is CCN(C(=O)c1ccc(C)cc1Cl)C1CCNC1. The van der Waals surface area contributed by atoms with Crippen molar-refractivity contribution in [2.45, 2.75) is 26.3 Å². The molecule has 1 aliphatic rings. The fourth-order valence-electron chi connectivity index (χ4n) is 2.42. The van der Waals surface area contributed by atoms with Gasteiger partial charge in [0.25, 0.3) is 5.91 Å². The van der Waals surface area contributed by atoms with Crippen LogP contribution in [0.25, 0.3) is 0 Å². The Hall–Kier alpha value is -1.06. The molecule has 1 saturated heterocycles. The second kappa shape index (κ2) is 5.72. The van der Waals surface area contributed by atoms with Gasteiger partial charge in [0.05, 0.1) is 10.6 Å². The first-order chi connectivity index (χ1) is 8.63. The molecule has 0 bridgehead atoms. The van der Waals surface area contributed by atoms with Crippen molar-refractivity contribution in [1.29, 1.82) is 0 Å². The number of carbonyl (C=O) groups excluding carboxylic acids is 1. The number of likely N-dealkylation sites (N-methyl/N-ethyl adjacent to an activating group) is 1. The summed E-state index contributed by atoms with van der Waals surface area (Å²) in [5, 5.41) is 3.84. The zero-order valence-electron chi connectivity index (χ0n) is 10.9. The maximum Gasteiger partial charge on any atom is 0.255 e. The van der Waals surface area contributed by atoms with E-state index in [1.54, 1.807) is 0 Å². The van der Waals surface area contributed by atoms with Crippen LogP contribution in [-0.2, 0) is 0 Å². The van der Waals surface area contributed by atoms with Gasteiger partial charge in [-0.3, -0.25) is 4.79 Å². The topological polar surface area (TPSA) is 32.3 Å². The van der Waals surface area contributed by atoms with E-state index in [2.05, 4.69) is 5.32 Å². The minimum atomic E-state index is 0.0381. The maximum atomic E-state index is 12.5. The highest BCUT2D eigenvalue weighted by atomic mass is 35.5. The largest absolute Gasteiger partial charge is 0.335 e. The molecular weight excluding hydrogens is 248 g/mol. The fraction of sp³-hybridized carbons (Fsp3) is 0.500. The summed E-state index contributed by atoms with van der Waals surface area (Å²) in [7, 11) is 0. The van der Waals surface area contributed by atoms with E-state index in [9.17, 15) is 4.79 Å². The van der Waals surface area contributed by atoms with Crippen molar-refractivity contribution < 1.29 is 4.79 Å². The molecule has 18 heavy (non-hydrogen) atoms. The van der Waals surface area contributed by atoms with E-state index in [0.29, 0.717) is 16.6 Å². The van der Waals surface area contributed by atoms with E-state index >= 15 is 0 Å². The van der Waals surface area contributed by atoms with Gasteiger partial charge < -0.3 is 10.2 Å². The Morgan fingerprint density at radius 2 is 2.33 bits per heavy atom. The van der Waals surface area contributed by atoms with Gasteiger partial charge in [0.2, 0.25) is 0 Å². The third-order valence-electron chi connectivity index (χ3n) is 3.43. The van der Waals surface area contributed by atoms with E-state index in [1.165, 1.54) is 0 Å². The van der Waals surface area contributed by atoms with Gasteiger partial charge in [0.15, 0.2) is 0 Å². The normalized spacial score (nSPS) is 18.9. The smallest absolute Gasteiger partial charge is 0.255 e. The first kappa shape index (κ1) is 13.4. The van der Waals surface area contributed by atoms with Crippen molar-refractivity contribution in [2.75, 3.05) is 19.6 Å². The van der Waals surface area contributed by atoms with Crippen LogP contribution in [0.3, 0.4) is 0 Å². The van der Waals surface area contributed by atoms with E-state index in [1.807, 2.05) is 36.9 Å². The molecule has 0 aliphatic carbocycles. The lowest BCUT2D eigenvalue weighted by atomic mass is 10.1. The molecule has 1 unspecified atom stereocenters. The minimum Gasteiger partial charge on any atom is -0.335 e. The Bertz CT molecular complexity index is 441. The van der Waals surface area contributed by atoms with Gasteiger partial charge in [-0.1, -0.05) is 17.7 Å². The third-order valence-corrected chi connectivity index (χ3v) is 3.74. The number of benzene rings is 1. The molecule has 1 aromatic rings. The summed E-state index contributed by atoms with van der Waals surface area (Å²) in [6.45, 7) is 6.56. The van der Waals surface area contributed by atoms with Crippen molar-refractivity contribution >= 4 is 17.5 Å². The van der Waals surface area contributed by atoms with E-state index in [0.717, 1.165) is 31.6 Å². The number of rotatable bonds is 3. The summed E-state index contributed by atoms with van der Waals surface area (Å²) in [5.41, 5.74) is 1.68. The van der Waals surface area contributed by atoms with Crippen LogP contribution in [0.2, 0.25) is 5.02 Å². The molecule has 0 saturated carbocycles. The van der Waals surface area contributed by atoms with Gasteiger partial charge in [0, 0.05) is 19.1 Å².